The van der Waals surface area contributed by atoms with Crippen molar-refractivity contribution in [1.82, 2.24) is 15.3 Å². The number of aliphatic hydroxyl groups is 1. The number of carbonyl (C=O) groups is 2. The molecular formula is C35H32N4O4. The van der Waals surface area contributed by atoms with Gasteiger partial charge in [0, 0.05) is 40.0 Å². The second-order valence-corrected chi connectivity index (χ2v) is 10.3. The number of aromatic nitrogens is 2. The summed E-state index contributed by atoms with van der Waals surface area (Å²) >= 11 is 0. The number of carbonyl (C=O) groups excluding carboxylic acids is 2. The summed E-state index contributed by atoms with van der Waals surface area (Å²) in [6, 6.07) is 23.1. The number of ether oxygens (including phenoxy) is 1. The zero-order chi connectivity index (χ0) is 30.2. The predicted molar refractivity (Wildman–Crippen MR) is 167 cm³/mol. The van der Waals surface area contributed by atoms with Gasteiger partial charge in [-0.1, -0.05) is 36.1 Å². The molecule has 0 bridgehead atoms. The number of aliphatic hydroxyl groups excluding tert-OH is 1. The number of hydrogen-bond acceptors (Lipinski definition) is 5. The molecule has 1 atom stereocenters. The summed E-state index contributed by atoms with van der Waals surface area (Å²) in [5, 5.41) is 16.9. The first-order chi connectivity index (χ1) is 20.9. The van der Waals surface area contributed by atoms with E-state index in [1.165, 1.54) is 0 Å². The van der Waals surface area contributed by atoms with Gasteiger partial charge >= 0.3 is 0 Å². The Morgan fingerprint density at radius 2 is 1.77 bits per heavy atom. The van der Waals surface area contributed by atoms with E-state index in [1.807, 2.05) is 50.4 Å². The SMILES string of the molecule is CC(C)Oc1ccc(C#Cc2cccc(C(=O)Nc3cccnc3)c2)cc1C(=O)N[C@@H](CO)Cc1c[nH]c2ccccc12. The Balaban J connectivity index is 1.35. The quantitative estimate of drug-likeness (QED) is 0.178. The van der Waals surface area contributed by atoms with Gasteiger partial charge in [0.05, 0.1) is 36.2 Å². The molecule has 5 aromatic rings. The third kappa shape index (κ3) is 7.47. The fourth-order valence-corrected chi connectivity index (χ4v) is 4.65. The lowest BCUT2D eigenvalue weighted by atomic mass is 10.0. The van der Waals surface area contributed by atoms with Crippen LogP contribution in [0.25, 0.3) is 10.9 Å². The van der Waals surface area contributed by atoms with Crippen LogP contribution in [0.5, 0.6) is 5.75 Å². The van der Waals surface area contributed by atoms with E-state index in [2.05, 4.69) is 32.4 Å². The molecule has 0 saturated carbocycles. The predicted octanol–water partition coefficient (Wildman–Crippen LogP) is 5.34. The molecule has 43 heavy (non-hydrogen) atoms. The molecular weight excluding hydrogens is 540 g/mol. The third-order valence-electron chi connectivity index (χ3n) is 6.68. The van der Waals surface area contributed by atoms with Crippen molar-refractivity contribution in [3.8, 4) is 17.6 Å². The van der Waals surface area contributed by atoms with Gasteiger partial charge in [-0.15, -0.1) is 0 Å². The van der Waals surface area contributed by atoms with E-state index in [4.69, 9.17) is 4.74 Å². The smallest absolute Gasteiger partial charge is 0.255 e. The average Bonchev–Trinajstić information content (AvgIpc) is 3.43. The summed E-state index contributed by atoms with van der Waals surface area (Å²) in [5.41, 5.74) is 4.63. The lowest BCUT2D eigenvalue weighted by Crippen LogP contribution is -2.39. The molecule has 5 rings (SSSR count). The number of nitrogens with one attached hydrogen (secondary N) is 3. The van der Waals surface area contributed by atoms with E-state index in [0.717, 1.165) is 16.5 Å². The third-order valence-corrected chi connectivity index (χ3v) is 6.68. The molecule has 0 spiro atoms. The van der Waals surface area contributed by atoms with Gasteiger partial charge in [-0.3, -0.25) is 14.6 Å². The highest BCUT2D eigenvalue weighted by Crippen LogP contribution is 2.23. The molecule has 4 N–H and O–H groups in total. The number of benzene rings is 3. The summed E-state index contributed by atoms with van der Waals surface area (Å²) in [6.45, 7) is 3.55. The Morgan fingerprint density at radius 1 is 0.953 bits per heavy atom. The molecule has 216 valence electrons. The summed E-state index contributed by atoms with van der Waals surface area (Å²) in [7, 11) is 0. The summed E-state index contributed by atoms with van der Waals surface area (Å²) in [4.78, 5) is 33.4. The van der Waals surface area contributed by atoms with Crippen molar-refractivity contribution in [1.29, 1.82) is 0 Å². The van der Waals surface area contributed by atoms with Gasteiger partial charge in [0.15, 0.2) is 0 Å². The van der Waals surface area contributed by atoms with E-state index in [0.29, 0.717) is 40.1 Å². The number of hydrogen-bond donors (Lipinski definition) is 4. The van der Waals surface area contributed by atoms with Gasteiger partial charge in [-0.25, -0.2) is 0 Å². The van der Waals surface area contributed by atoms with Crippen LogP contribution >= 0.6 is 0 Å². The Labute approximate surface area is 250 Å². The molecule has 0 saturated heterocycles. The van der Waals surface area contributed by atoms with Crippen molar-refractivity contribution in [2.24, 2.45) is 0 Å². The Hall–Kier alpha value is -5.39. The van der Waals surface area contributed by atoms with Crippen molar-refractivity contribution >= 4 is 28.4 Å². The average molecular weight is 573 g/mol. The Bertz CT molecular complexity index is 1800. The fourth-order valence-electron chi connectivity index (χ4n) is 4.65. The minimum atomic E-state index is -0.506. The standard InChI is InChI=1S/C35H32N4O4/c1-23(2)43-33-15-14-25(13-12-24-7-5-8-26(17-24)34(41)38-28-9-6-16-36-21-28)18-31(33)35(42)39-29(22-40)19-27-20-37-32-11-4-3-10-30(27)32/h3-11,14-18,20-21,23,29,37,40H,19,22H2,1-2H3,(H,38,41)(H,39,42)/t29-/m1/s1. The first-order valence-corrected chi connectivity index (χ1v) is 14.0. The molecule has 0 aliphatic rings. The van der Waals surface area contributed by atoms with Crippen LogP contribution in [0.15, 0.2) is 97.5 Å². The fraction of sp³-hybridized carbons (Fsp3) is 0.171. The topological polar surface area (TPSA) is 116 Å². The first-order valence-electron chi connectivity index (χ1n) is 14.0. The number of amides is 2. The molecule has 0 radical (unpaired) electrons. The second kappa shape index (κ2) is 13.5. The zero-order valence-electron chi connectivity index (χ0n) is 23.9. The molecule has 3 aromatic carbocycles. The molecule has 2 amide bonds. The molecule has 2 aromatic heterocycles. The van der Waals surface area contributed by atoms with E-state index < -0.39 is 6.04 Å². The summed E-state index contributed by atoms with van der Waals surface area (Å²) in [5.74, 6) is 5.97. The maximum Gasteiger partial charge on any atom is 0.255 e. The molecule has 2 heterocycles. The molecule has 0 aliphatic heterocycles. The van der Waals surface area contributed by atoms with Gasteiger partial charge in [-0.2, -0.15) is 0 Å². The number of nitrogens with zero attached hydrogens (tertiary/aromatic N) is 1. The molecule has 0 fully saturated rings. The number of anilines is 1. The lowest BCUT2D eigenvalue weighted by Gasteiger charge is -2.19. The minimum absolute atomic E-state index is 0.149. The number of rotatable bonds is 9. The van der Waals surface area contributed by atoms with Crippen molar-refractivity contribution in [3.05, 3.63) is 125 Å². The van der Waals surface area contributed by atoms with Crippen LogP contribution < -0.4 is 15.4 Å². The monoisotopic (exact) mass is 572 g/mol. The maximum absolute atomic E-state index is 13.5. The van der Waals surface area contributed by atoms with E-state index in [9.17, 15) is 14.7 Å². The largest absolute Gasteiger partial charge is 0.490 e. The highest BCUT2D eigenvalue weighted by molar-refractivity contribution is 6.04. The first kappa shape index (κ1) is 29.1. The maximum atomic E-state index is 13.5. The number of pyridine rings is 1. The van der Waals surface area contributed by atoms with Gasteiger partial charge in [-0.05, 0) is 80.4 Å². The van der Waals surface area contributed by atoms with E-state index in [-0.39, 0.29) is 24.5 Å². The van der Waals surface area contributed by atoms with Crippen LogP contribution in [0.2, 0.25) is 0 Å². The van der Waals surface area contributed by atoms with Crippen LogP contribution in [-0.4, -0.2) is 45.6 Å². The molecule has 0 aliphatic carbocycles. The van der Waals surface area contributed by atoms with Gasteiger partial charge < -0.3 is 25.5 Å². The Morgan fingerprint density at radius 3 is 2.53 bits per heavy atom. The van der Waals surface area contributed by atoms with Gasteiger partial charge in [0.1, 0.15) is 5.75 Å². The normalized spacial score (nSPS) is 11.4. The van der Waals surface area contributed by atoms with Gasteiger partial charge in [0.25, 0.3) is 11.8 Å². The second-order valence-electron chi connectivity index (χ2n) is 10.3. The van der Waals surface area contributed by atoms with Crippen LogP contribution in [-0.2, 0) is 6.42 Å². The number of H-pyrrole nitrogens is 1. The highest BCUT2D eigenvalue weighted by Gasteiger charge is 2.20. The number of para-hydroxylation sites is 1. The van der Waals surface area contributed by atoms with Crippen LogP contribution in [0, 0.1) is 11.8 Å². The van der Waals surface area contributed by atoms with Crippen molar-refractivity contribution in [3.63, 3.8) is 0 Å². The summed E-state index contributed by atoms with van der Waals surface area (Å²) in [6.07, 6.45) is 5.42. The van der Waals surface area contributed by atoms with Crippen LogP contribution in [0.3, 0.4) is 0 Å². The zero-order valence-corrected chi connectivity index (χ0v) is 23.9. The Kier molecular flexibility index (Phi) is 9.15. The van der Waals surface area contributed by atoms with Gasteiger partial charge in [0.2, 0.25) is 0 Å². The summed E-state index contributed by atoms with van der Waals surface area (Å²) < 4.78 is 5.93. The van der Waals surface area contributed by atoms with Crippen molar-refractivity contribution < 1.29 is 19.4 Å². The number of aromatic amines is 1. The molecule has 8 nitrogen and oxygen atoms in total. The van der Waals surface area contributed by atoms with E-state index >= 15 is 0 Å². The van der Waals surface area contributed by atoms with Crippen LogP contribution in [0.1, 0.15) is 51.3 Å². The van der Waals surface area contributed by atoms with Crippen molar-refractivity contribution in [2.75, 3.05) is 11.9 Å². The minimum Gasteiger partial charge on any atom is -0.490 e. The number of fused-ring (bicyclic) bond motifs is 1. The molecule has 0 unspecified atom stereocenters. The highest BCUT2D eigenvalue weighted by atomic mass is 16.5. The van der Waals surface area contributed by atoms with Crippen molar-refractivity contribution in [2.45, 2.75) is 32.4 Å². The van der Waals surface area contributed by atoms with E-state index in [1.54, 1.807) is 60.9 Å². The van der Waals surface area contributed by atoms with Crippen LogP contribution in [0.4, 0.5) is 5.69 Å². The lowest BCUT2D eigenvalue weighted by molar-refractivity contribution is 0.0910. The molecule has 8 heteroatoms.